The van der Waals surface area contributed by atoms with Gasteiger partial charge in [-0.05, 0) is 19.9 Å². The Morgan fingerprint density at radius 2 is 2.26 bits per heavy atom. The van der Waals surface area contributed by atoms with E-state index < -0.39 is 12.0 Å². The largest absolute Gasteiger partial charge is 0.480 e. The highest BCUT2D eigenvalue weighted by atomic mass is 35.5. The van der Waals surface area contributed by atoms with Crippen molar-refractivity contribution in [2.24, 2.45) is 0 Å². The molecule has 2 unspecified atom stereocenters. The monoisotopic (exact) mass is 302 g/mol. The number of rotatable bonds is 3. The molecule has 1 N–H and O–H groups in total. The third-order valence-corrected chi connectivity index (χ3v) is 4.59. The first-order valence-corrected chi connectivity index (χ1v) is 7.41. The summed E-state index contributed by atoms with van der Waals surface area (Å²) in [6.07, 6.45) is 1.68. The number of halogens is 1. The Hall–Kier alpha value is -1.14. The maximum Gasteiger partial charge on any atom is 0.327 e. The lowest BCUT2D eigenvalue weighted by Crippen LogP contribution is -2.45. The van der Waals surface area contributed by atoms with E-state index in [0.29, 0.717) is 23.0 Å². The molecule has 7 heteroatoms. The van der Waals surface area contributed by atoms with Crippen molar-refractivity contribution in [3.8, 4) is 0 Å². The quantitative estimate of drug-likeness (QED) is 0.929. The summed E-state index contributed by atoms with van der Waals surface area (Å²) in [6.45, 7) is 4.36. The van der Waals surface area contributed by atoms with Crippen LogP contribution in [0.1, 0.15) is 24.3 Å². The molecule has 0 saturated carbocycles. The fourth-order valence-electron chi connectivity index (χ4n) is 2.19. The lowest BCUT2D eigenvalue weighted by atomic mass is 10.2. The Labute approximate surface area is 120 Å². The number of hydrogen-bond acceptors (Lipinski definition) is 3. The van der Waals surface area contributed by atoms with Gasteiger partial charge >= 0.3 is 5.97 Å². The summed E-state index contributed by atoms with van der Waals surface area (Å²) in [5.74, 6) is -0.826. The van der Waals surface area contributed by atoms with E-state index in [1.807, 2.05) is 13.8 Å². The summed E-state index contributed by atoms with van der Waals surface area (Å²) < 4.78 is 1.74. The van der Waals surface area contributed by atoms with Gasteiger partial charge in [0.25, 0.3) is 5.91 Å². The topological polar surface area (TPSA) is 62.5 Å². The van der Waals surface area contributed by atoms with Crippen LogP contribution in [0.15, 0.2) is 12.3 Å². The molecule has 2 atom stereocenters. The Morgan fingerprint density at radius 3 is 2.84 bits per heavy atom. The van der Waals surface area contributed by atoms with Crippen LogP contribution in [0.25, 0.3) is 0 Å². The molecular formula is C12H15ClN2O3S. The van der Waals surface area contributed by atoms with Gasteiger partial charge in [-0.2, -0.15) is 0 Å². The van der Waals surface area contributed by atoms with Crippen LogP contribution in [-0.2, 0) is 11.3 Å². The van der Waals surface area contributed by atoms with Crippen molar-refractivity contribution in [1.29, 1.82) is 0 Å². The van der Waals surface area contributed by atoms with E-state index in [1.165, 1.54) is 16.7 Å². The van der Waals surface area contributed by atoms with E-state index in [9.17, 15) is 14.7 Å². The first-order chi connectivity index (χ1) is 8.95. The first kappa shape index (κ1) is 14.3. The minimum Gasteiger partial charge on any atom is -0.480 e. The number of hydrogen-bond donors (Lipinski definition) is 1. The molecule has 104 valence electrons. The zero-order valence-corrected chi connectivity index (χ0v) is 12.2. The minimum atomic E-state index is -0.967. The average molecular weight is 303 g/mol. The molecule has 5 nitrogen and oxygen atoms in total. The van der Waals surface area contributed by atoms with E-state index in [4.69, 9.17) is 11.6 Å². The number of aliphatic carboxylic acids is 1. The molecule has 1 aliphatic heterocycles. The van der Waals surface area contributed by atoms with Crippen molar-refractivity contribution < 1.29 is 14.7 Å². The van der Waals surface area contributed by atoms with Gasteiger partial charge in [0.2, 0.25) is 0 Å². The molecule has 0 bridgehead atoms. The number of aromatic nitrogens is 1. The molecule has 1 aliphatic rings. The van der Waals surface area contributed by atoms with Crippen molar-refractivity contribution in [2.75, 3.05) is 5.75 Å². The summed E-state index contributed by atoms with van der Waals surface area (Å²) in [7, 11) is 0. The molecule has 2 heterocycles. The summed E-state index contributed by atoms with van der Waals surface area (Å²) in [5, 5.41) is 9.53. The maximum atomic E-state index is 12.5. The van der Waals surface area contributed by atoms with Gasteiger partial charge in [-0.25, -0.2) is 4.79 Å². The van der Waals surface area contributed by atoms with E-state index in [1.54, 1.807) is 16.8 Å². The number of carbonyl (C=O) groups excluding carboxylic acids is 1. The normalized spacial score (nSPS) is 22.8. The van der Waals surface area contributed by atoms with Crippen molar-refractivity contribution in [1.82, 2.24) is 9.47 Å². The SMILES string of the molecule is CCn1cc(Cl)cc1C(=O)N1C(C)SCC1C(=O)O. The van der Waals surface area contributed by atoms with Crippen molar-refractivity contribution in [2.45, 2.75) is 31.8 Å². The fraction of sp³-hybridized carbons (Fsp3) is 0.500. The molecule has 0 aromatic carbocycles. The van der Waals surface area contributed by atoms with Crippen LogP contribution < -0.4 is 0 Å². The number of aryl methyl sites for hydroxylation is 1. The Balaban J connectivity index is 2.34. The molecule has 1 aromatic heterocycles. The number of carboxylic acid groups (broad SMARTS) is 1. The van der Waals surface area contributed by atoms with Crippen LogP contribution in [0.3, 0.4) is 0 Å². The zero-order valence-electron chi connectivity index (χ0n) is 10.7. The zero-order chi connectivity index (χ0) is 14.2. The highest BCUT2D eigenvalue weighted by molar-refractivity contribution is 8.00. The van der Waals surface area contributed by atoms with Crippen LogP contribution in [-0.4, -0.2) is 43.6 Å². The lowest BCUT2D eigenvalue weighted by molar-refractivity contribution is -0.141. The van der Waals surface area contributed by atoms with Crippen LogP contribution >= 0.6 is 23.4 Å². The maximum absolute atomic E-state index is 12.5. The van der Waals surface area contributed by atoms with Gasteiger partial charge in [-0.15, -0.1) is 11.8 Å². The van der Waals surface area contributed by atoms with Gasteiger partial charge in [0, 0.05) is 18.5 Å². The van der Waals surface area contributed by atoms with Gasteiger partial charge in [-0.3, -0.25) is 4.79 Å². The van der Waals surface area contributed by atoms with Crippen molar-refractivity contribution in [3.63, 3.8) is 0 Å². The van der Waals surface area contributed by atoms with E-state index in [0.717, 1.165) is 0 Å². The molecule has 19 heavy (non-hydrogen) atoms. The second kappa shape index (κ2) is 5.46. The number of thioether (sulfide) groups is 1. The molecule has 0 spiro atoms. The molecule has 1 fully saturated rings. The highest BCUT2D eigenvalue weighted by Crippen LogP contribution is 2.31. The van der Waals surface area contributed by atoms with Crippen LogP contribution in [0, 0.1) is 0 Å². The number of carbonyl (C=O) groups is 2. The predicted octanol–water partition coefficient (Wildman–Crippen LogP) is 2.15. The molecule has 0 aliphatic carbocycles. The van der Waals surface area contributed by atoms with Gasteiger partial charge in [0.05, 0.1) is 10.4 Å². The lowest BCUT2D eigenvalue weighted by Gasteiger charge is -2.25. The summed E-state index contributed by atoms with van der Waals surface area (Å²) >= 11 is 7.38. The number of carboxylic acids is 1. The first-order valence-electron chi connectivity index (χ1n) is 5.98. The molecule has 1 amide bonds. The molecule has 0 radical (unpaired) electrons. The molecule has 1 saturated heterocycles. The third kappa shape index (κ3) is 2.60. The van der Waals surface area contributed by atoms with Gasteiger partial charge in [-0.1, -0.05) is 11.6 Å². The van der Waals surface area contributed by atoms with E-state index >= 15 is 0 Å². The van der Waals surface area contributed by atoms with Crippen molar-refractivity contribution in [3.05, 3.63) is 23.0 Å². The second-order valence-corrected chi connectivity index (χ2v) is 6.11. The predicted molar refractivity (Wildman–Crippen MR) is 74.6 cm³/mol. The average Bonchev–Trinajstić information content (AvgIpc) is 2.91. The van der Waals surface area contributed by atoms with Crippen LogP contribution in [0.2, 0.25) is 5.02 Å². The number of amides is 1. The van der Waals surface area contributed by atoms with E-state index in [-0.39, 0.29) is 11.3 Å². The van der Waals surface area contributed by atoms with E-state index in [2.05, 4.69) is 0 Å². The second-order valence-electron chi connectivity index (χ2n) is 4.33. The summed E-state index contributed by atoms with van der Waals surface area (Å²) in [6, 6.07) is 0.814. The van der Waals surface area contributed by atoms with Gasteiger partial charge < -0.3 is 14.6 Å². The minimum absolute atomic E-state index is 0.146. The van der Waals surface area contributed by atoms with Crippen LogP contribution in [0.5, 0.6) is 0 Å². The smallest absolute Gasteiger partial charge is 0.327 e. The fourth-order valence-corrected chi connectivity index (χ4v) is 3.58. The Bertz CT molecular complexity index is 517. The molecule has 1 aromatic rings. The number of nitrogens with zero attached hydrogens (tertiary/aromatic N) is 2. The molecule has 2 rings (SSSR count). The molecular weight excluding hydrogens is 288 g/mol. The van der Waals surface area contributed by atoms with Gasteiger partial charge in [0.1, 0.15) is 11.7 Å². The summed E-state index contributed by atoms with van der Waals surface area (Å²) in [5.41, 5.74) is 0.438. The highest BCUT2D eigenvalue weighted by Gasteiger charge is 2.40. The van der Waals surface area contributed by atoms with Gasteiger partial charge in [0.15, 0.2) is 0 Å². The Kier molecular flexibility index (Phi) is 4.10. The van der Waals surface area contributed by atoms with Crippen LogP contribution in [0.4, 0.5) is 0 Å². The summed E-state index contributed by atoms with van der Waals surface area (Å²) in [4.78, 5) is 25.2. The standard InChI is InChI=1S/C12H15ClN2O3S/c1-3-14-5-8(13)4-9(14)11(16)15-7(2)19-6-10(15)12(17)18/h4-5,7,10H,3,6H2,1-2H3,(H,17,18). The Morgan fingerprint density at radius 1 is 1.58 bits per heavy atom. The third-order valence-electron chi connectivity index (χ3n) is 3.17. The van der Waals surface area contributed by atoms with Crippen molar-refractivity contribution >= 4 is 35.2 Å².